The van der Waals surface area contributed by atoms with Gasteiger partial charge in [0, 0.05) is 30.4 Å². The number of aromatic nitrogens is 1. The summed E-state index contributed by atoms with van der Waals surface area (Å²) >= 11 is 0. The fourth-order valence-electron chi connectivity index (χ4n) is 1.28. The molecular formula is C10H16N2O. The largest absolute Gasteiger partial charge is 0.496 e. The van der Waals surface area contributed by atoms with Gasteiger partial charge in [-0.15, -0.1) is 0 Å². The Morgan fingerprint density at radius 1 is 1.54 bits per heavy atom. The Balaban J connectivity index is 2.81. The van der Waals surface area contributed by atoms with Crippen LogP contribution in [-0.4, -0.2) is 25.7 Å². The molecule has 0 amide bonds. The molecule has 0 aliphatic heterocycles. The molecule has 0 aliphatic carbocycles. The fourth-order valence-corrected chi connectivity index (χ4v) is 1.28. The van der Waals surface area contributed by atoms with E-state index in [-0.39, 0.29) is 0 Å². The van der Waals surface area contributed by atoms with Crippen molar-refractivity contribution in [2.45, 2.75) is 13.3 Å². The van der Waals surface area contributed by atoms with Gasteiger partial charge >= 0.3 is 0 Å². The van der Waals surface area contributed by atoms with Crippen LogP contribution in [0.1, 0.15) is 11.3 Å². The summed E-state index contributed by atoms with van der Waals surface area (Å²) in [5.74, 6) is 0.918. The smallest absolute Gasteiger partial charge is 0.125 e. The van der Waals surface area contributed by atoms with Gasteiger partial charge in [-0.25, -0.2) is 0 Å². The summed E-state index contributed by atoms with van der Waals surface area (Å²) in [6, 6.07) is 1.89. The van der Waals surface area contributed by atoms with Gasteiger partial charge in [0.2, 0.25) is 0 Å². The Morgan fingerprint density at radius 3 is 2.92 bits per heavy atom. The van der Waals surface area contributed by atoms with Gasteiger partial charge in [-0.1, -0.05) is 0 Å². The third-order valence-corrected chi connectivity index (χ3v) is 2.09. The van der Waals surface area contributed by atoms with Crippen molar-refractivity contribution < 1.29 is 4.74 Å². The molecule has 0 spiro atoms. The quantitative estimate of drug-likeness (QED) is 0.755. The second-order valence-electron chi connectivity index (χ2n) is 2.94. The molecule has 1 aromatic rings. The van der Waals surface area contributed by atoms with Gasteiger partial charge in [-0.05, 0) is 20.0 Å². The average Bonchev–Trinajstić information content (AvgIpc) is 2.16. The monoisotopic (exact) mass is 180 g/mol. The third-order valence-electron chi connectivity index (χ3n) is 2.09. The summed E-state index contributed by atoms with van der Waals surface area (Å²) in [6.45, 7) is 2.98. The Morgan fingerprint density at radius 2 is 2.31 bits per heavy atom. The molecule has 0 aromatic carbocycles. The minimum Gasteiger partial charge on any atom is -0.496 e. The number of hydrogen-bond donors (Lipinski definition) is 1. The van der Waals surface area contributed by atoms with Crippen molar-refractivity contribution in [1.29, 1.82) is 0 Å². The summed E-state index contributed by atoms with van der Waals surface area (Å²) in [6.07, 6.45) is 2.73. The Labute approximate surface area is 79.1 Å². The summed E-state index contributed by atoms with van der Waals surface area (Å²) in [7, 11) is 3.62. The van der Waals surface area contributed by atoms with E-state index in [1.54, 1.807) is 13.3 Å². The molecular weight excluding hydrogens is 164 g/mol. The topological polar surface area (TPSA) is 34.2 Å². The summed E-state index contributed by atoms with van der Waals surface area (Å²) in [5, 5.41) is 3.10. The lowest BCUT2D eigenvalue weighted by Gasteiger charge is -2.08. The number of methoxy groups -OCH3 is 1. The average molecular weight is 180 g/mol. The van der Waals surface area contributed by atoms with Crippen LogP contribution >= 0.6 is 0 Å². The molecule has 72 valence electrons. The van der Waals surface area contributed by atoms with E-state index in [0.717, 1.165) is 30.0 Å². The fraction of sp³-hybridized carbons (Fsp3) is 0.500. The van der Waals surface area contributed by atoms with E-state index < -0.39 is 0 Å². The van der Waals surface area contributed by atoms with Crippen molar-refractivity contribution in [3.8, 4) is 5.75 Å². The van der Waals surface area contributed by atoms with E-state index in [9.17, 15) is 0 Å². The normalized spacial score (nSPS) is 10.1. The lowest BCUT2D eigenvalue weighted by Crippen LogP contribution is -2.12. The van der Waals surface area contributed by atoms with Crippen molar-refractivity contribution in [3.05, 3.63) is 23.5 Å². The van der Waals surface area contributed by atoms with Gasteiger partial charge in [0.25, 0.3) is 0 Å². The van der Waals surface area contributed by atoms with Gasteiger partial charge in [0.05, 0.1) is 7.11 Å². The molecule has 1 aromatic heterocycles. The van der Waals surface area contributed by atoms with Gasteiger partial charge < -0.3 is 10.1 Å². The molecule has 1 heterocycles. The molecule has 3 heteroatoms. The first kappa shape index (κ1) is 9.99. The van der Waals surface area contributed by atoms with Crippen LogP contribution in [0.2, 0.25) is 0 Å². The standard InChI is InChI=1S/C10H16N2O/c1-8-9(4-6-11-2)12-7-5-10(8)13-3/h5,7,11H,4,6H2,1-3H3. The van der Waals surface area contributed by atoms with Crippen molar-refractivity contribution in [1.82, 2.24) is 10.3 Å². The number of nitrogens with zero attached hydrogens (tertiary/aromatic N) is 1. The molecule has 0 atom stereocenters. The van der Waals surface area contributed by atoms with Crippen LogP contribution in [0.3, 0.4) is 0 Å². The lowest BCUT2D eigenvalue weighted by molar-refractivity contribution is 0.410. The number of ether oxygens (including phenoxy) is 1. The summed E-state index contributed by atoms with van der Waals surface area (Å²) in [4.78, 5) is 4.30. The maximum absolute atomic E-state index is 5.21. The molecule has 1 N–H and O–H groups in total. The van der Waals surface area contributed by atoms with Gasteiger partial charge in [0.1, 0.15) is 5.75 Å². The van der Waals surface area contributed by atoms with E-state index in [4.69, 9.17) is 4.74 Å². The molecule has 0 aliphatic rings. The molecule has 0 saturated heterocycles. The maximum Gasteiger partial charge on any atom is 0.125 e. The van der Waals surface area contributed by atoms with E-state index >= 15 is 0 Å². The van der Waals surface area contributed by atoms with E-state index in [2.05, 4.69) is 10.3 Å². The first-order valence-electron chi connectivity index (χ1n) is 4.42. The van der Waals surface area contributed by atoms with Crippen LogP contribution < -0.4 is 10.1 Å². The van der Waals surface area contributed by atoms with Crippen LogP contribution in [-0.2, 0) is 6.42 Å². The Kier molecular flexibility index (Phi) is 3.71. The van der Waals surface area contributed by atoms with E-state index in [0.29, 0.717) is 0 Å². The van der Waals surface area contributed by atoms with Gasteiger partial charge in [-0.2, -0.15) is 0 Å². The minimum absolute atomic E-state index is 0.918. The highest BCUT2D eigenvalue weighted by Crippen LogP contribution is 2.18. The first-order valence-corrected chi connectivity index (χ1v) is 4.42. The molecule has 1 rings (SSSR count). The van der Waals surface area contributed by atoms with Crippen LogP contribution in [0.15, 0.2) is 12.3 Å². The van der Waals surface area contributed by atoms with Gasteiger partial charge in [0.15, 0.2) is 0 Å². The molecule has 0 fully saturated rings. The van der Waals surface area contributed by atoms with Crippen LogP contribution in [0, 0.1) is 6.92 Å². The molecule has 3 nitrogen and oxygen atoms in total. The van der Waals surface area contributed by atoms with Crippen molar-refractivity contribution in [2.75, 3.05) is 20.7 Å². The number of pyridine rings is 1. The highest BCUT2D eigenvalue weighted by molar-refractivity contribution is 5.34. The number of likely N-dealkylation sites (N-methyl/N-ethyl adjacent to an activating group) is 1. The molecule has 0 radical (unpaired) electrons. The zero-order valence-electron chi connectivity index (χ0n) is 8.42. The third kappa shape index (κ3) is 2.42. The number of rotatable bonds is 4. The zero-order chi connectivity index (χ0) is 9.68. The molecule has 0 saturated carbocycles. The second-order valence-corrected chi connectivity index (χ2v) is 2.94. The highest BCUT2D eigenvalue weighted by atomic mass is 16.5. The lowest BCUT2D eigenvalue weighted by atomic mass is 10.1. The molecule has 13 heavy (non-hydrogen) atoms. The SMILES string of the molecule is CNCCc1nccc(OC)c1C. The van der Waals surface area contributed by atoms with Crippen LogP contribution in [0.25, 0.3) is 0 Å². The van der Waals surface area contributed by atoms with Crippen LogP contribution in [0.5, 0.6) is 5.75 Å². The molecule has 0 bridgehead atoms. The summed E-state index contributed by atoms with van der Waals surface area (Å²) in [5.41, 5.74) is 2.24. The first-order chi connectivity index (χ1) is 6.29. The van der Waals surface area contributed by atoms with E-state index in [1.165, 1.54) is 0 Å². The predicted molar refractivity (Wildman–Crippen MR) is 53.2 cm³/mol. The highest BCUT2D eigenvalue weighted by Gasteiger charge is 2.04. The minimum atomic E-state index is 0.918. The van der Waals surface area contributed by atoms with Crippen molar-refractivity contribution in [2.24, 2.45) is 0 Å². The number of nitrogens with one attached hydrogen (secondary N) is 1. The summed E-state index contributed by atoms with van der Waals surface area (Å²) < 4.78 is 5.21. The second kappa shape index (κ2) is 4.82. The zero-order valence-corrected chi connectivity index (χ0v) is 8.42. The van der Waals surface area contributed by atoms with Crippen LogP contribution in [0.4, 0.5) is 0 Å². The van der Waals surface area contributed by atoms with Crippen molar-refractivity contribution >= 4 is 0 Å². The predicted octanol–water partition coefficient (Wildman–Crippen LogP) is 1.16. The Hall–Kier alpha value is -1.09. The van der Waals surface area contributed by atoms with Crippen molar-refractivity contribution in [3.63, 3.8) is 0 Å². The maximum atomic E-state index is 5.21. The molecule has 0 unspecified atom stereocenters. The van der Waals surface area contributed by atoms with Gasteiger partial charge in [-0.3, -0.25) is 4.98 Å². The number of hydrogen-bond acceptors (Lipinski definition) is 3. The Bertz CT molecular complexity index is 274. The van der Waals surface area contributed by atoms with E-state index in [1.807, 2.05) is 20.0 Å².